The highest BCUT2D eigenvalue weighted by Crippen LogP contribution is 2.21. The van der Waals surface area contributed by atoms with Crippen molar-refractivity contribution in [2.45, 2.75) is 37.2 Å². The van der Waals surface area contributed by atoms with Gasteiger partial charge in [-0.1, -0.05) is 6.92 Å². The number of hydrogen-bond acceptors (Lipinski definition) is 6. The van der Waals surface area contributed by atoms with Crippen molar-refractivity contribution in [2.75, 3.05) is 18.1 Å². The van der Waals surface area contributed by atoms with Crippen LogP contribution < -0.4 is 10.0 Å². The Morgan fingerprint density at radius 3 is 2.81 bits per heavy atom. The molecule has 0 radical (unpaired) electrons. The Morgan fingerprint density at radius 1 is 1.43 bits per heavy atom. The molecule has 1 aromatic heterocycles. The summed E-state index contributed by atoms with van der Waals surface area (Å²) >= 11 is 1.38. The van der Waals surface area contributed by atoms with Crippen LogP contribution in [0.4, 0.5) is 0 Å². The highest BCUT2D eigenvalue weighted by atomic mass is 32.2. The van der Waals surface area contributed by atoms with Crippen LogP contribution in [0.3, 0.4) is 0 Å². The minimum atomic E-state index is -3.64. The van der Waals surface area contributed by atoms with Gasteiger partial charge in [-0.3, -0.25) is 0 Å². The number of thiophene rings is 1. The molecule has 21 heavy (non-hydrogen) atoms. The second kappa shape index (κ2) is 6.74. The SMILES string of the molecule is CCCNCc1cc(S(=O)(=O)NC2CCS(=O)(=O)C2)cs1. The van der Waals surface area contributed by atoms with E-state index in [0.29, 0.717) is 13.0 Å². The normalized spacial score (nSPS) is 21.7. The van der Waals surface area contributed by atoms with Gasteiger partial charge in [0.05, 0.1) is 16.4 Å². The topological polar surface area (TPSA) is 92.3 Å². The number of nitrogens with one attached hydrogen (secondary N) is 2. The van der Waals surface area contributed by atoms with Gasteiger partial charge in [0.2, 0.25) is 10.0 Å². The average Bonchev–Trinajstić information content (AvgIpc) is 2.97. The van der Waals surface area contributed by atoms with Crippen LogP contribution in [0, 0.1) is 0 Å². The predicted octanol–water partition coefficient (Wildman–Crippen LogP) is 0.713. The van der Waals surface area contributed by atoms with Crippen LogP contribution in [0.1, 0.15) is 24.6 Å². The van der Waals surface area contributed by atoms with Crippen molar-refractivity contribution < 1.29 is 16.8 Å². The van der Waals surface area contributed by atoms with E-state index in [1.807, 2.05) is 0 Å². The third-order valence-corrected chi connectivity index (χ3v) is 7.57. The minimum Gasteiger partial charge on any atom is -0.312 e. The summed E-state index contributed by atoms with van der Waals surface area (Å²) in [5, 5.41) is 4.81. The van der Waals surface area contributed by atoms with E-state index in [1.165, 1.54) is 11.3 Å². The molecule has 1 aromatic rings. The highest BCUT2D eigenvalue weighted by molar-refractivity contribution is 7.92. The van der Waals surface area contributed by atoms with Gasteiger partial charge in [0.15, 0.2) is 9.84 Å². The van der Waals surface area contributed by atoms with Crippen LogP contribution in [0.5, 0.6) is 0 Å². The first kappa shape index (κ1) is 16.9. The summed E-state index contributed by atoms with van der Waals surface area (Å²) in [6.07, 6.45) is 1.37. The Kier molecular flexibility index (Phi) is 5.42. The molecular formula is C12H20N2O4S3. The monoisotopic (exact) mass is 352 g/mol. The van der Waals surface area contributed by atoms with Crippen LogP contribution in [0.2, 0.25) is 0 Å². The lowest BCUT2D eigenvalue weighted by Crippen LogP contribution is -2.35. The smallest absolute Gasteiger partial charge is 0.241 e. The molecule has 6 nitrogen and oxygen atoms in total. The summed E-state index contributed by atoms with van der Waals surface area (Å²) in [6.45, 7) is 3.60. The van der Waals surface area contributed by atoms with Gasteiger partial charge in [-0.15, -0.1) is 11.3 Å². The number of rotatable bonds is 7. The molecule has 2 heterocycles. The second-order valence-corrected chi connectivity index (χ2v) is 10.1. The Morgan fingerprint density at radius 2 is 2.19 bits per heavy atom. The van der Waals surface area contributed by atoms with E-state index in [4.69, 9.17) is 0 Å². The predicted molar refractivity (Wildman–Crippen MR) is 83.7 cm³/mol. The lowest BCUT2D eigenvalue weighted by atomic mass is 10.3. The molecule has 2 N–H and O–H groups in total. The van der Waals surface area contributed by atoms with Crippen molar-refractivity contribution in [1.82, 2.24) is 10.0 Å². The summed E-state index contributed by atoms with van der Waals surface area (Å²) in [5.41, 5.74) is 0. The molecule has 1 saturated heterocycles. The minimum absolute atomic E-state index is 0.0516. The van der Waals surface area contributed by atoms with Crippen molar-refractivity contribution in [3.63, 3.8) is 0 Å². The maximum atomic E-state index is 12.2. The third-order valence-electron chi connectivity index (χ3n) is 3.22. The first-order valence-electron chi connectivity index (χ1n) is 6.83. The van der Waals surface area contributed by atoms with Gasteiger partial charge in [0.25, 0.3) is 0 Å². The Labute approximate surface area is 129 Å². The molecule has 1 aliphatic heterocycles. The van der Waals surface area contributed by atoms with E-state index in [1.54, 1.807) is 11.4 Å². The quantitative estimate of drug-likeness (QED) is 0.705. The number of sulfone groups is 1. The van der Waals surface area contributed by atoms with Crippen LogP contribution in [0.25, 0.3) is 0 Å². The van der Waals surface area contributed by atoms with E-state index >= 15 is 0 Å². The van der Waals surface area contributed by atoms with Crippen molar-refractivity contribution >= 4 is 31.2 Å². The lowest BCUT2D eigenvalue weighted by Gasteiger charge is -2.10. The summed E-state index contributed by atoms with van der Waals surface area (Å²) in [5.74, 6) is -0.0582. The van der Waals surface area contributed by atoms with Gasteiger partial charge in [0, 0.05) is 22.8 Å². The van der Waals surface area contributed by atoms with Crippen molar-refractivity contribution in [2.24, 2.45) is 0 Å². The number of sulfonamides is 1. The molecule has 1 unspecified atom stereocenters. The van der Waals surface area contributed by atoms with E-state index in [-0.39, 0.29) is 16.4 Å². The van der Waals surface area contributed by atoms with E-state index in [9.17, 15) is 16.8 Å². The molecule has 0 saturated carbocycles. The van der Waals surface area contributed by atoms with Gasteiger partial charge in [-0.25, -0.2) is 21.6 Å². The Bertz CT molecular complexity index is 679. The zero-order valence-corrected chi connectivity index (χ0v) is 14.3. The lowest BCUT2D eigenvalue weighted by molar-refractivity contribution is 0.562. The van der Waals surface area contributed by atoms with Crippen molar-refractivity contribution in [1.29, 1.82) is 0 Å². The second-order valence-electron chi connectivity index (χ2n) is 5.15. The summed E-state index contributed by atoms with van der Waals surface area (Å²) < 4.78 is 49.7. The molecule has 1 fully saturated rings. The zero-order valence-electron chi connectivity index (χ0n) is 11.8. The fraction of sp³-hybridized carbons (Fsp3) is 0.667. The molecule has 2 rings (SSSR count). The zero-order chi connectivity index (χ0) is 15.5. The summed E-state index contributed by atoms with van der Waals surface area (Å²) in [6, 6.07) is 1.13. The maximum Gasteiger partial charge on any atom is 0.241 e. The first-order chi connectivity index (χ1) is 9.82. The van der Waals surface area contributed by atoms with Crippen LogP contribution >= 0.6 is 11.3 Å². The average molecular weight is 353 g/mol. The fourth-order valence-corrected chi connectivity index (χ4v) is 6.45. The molecule has 0 aliphatic carbocycles. The Hall–Kier alpha value is -0.480. The van der Waals surface area contributed by atoms with E-state index in [2.05, 4.69) is 17.0 Å². The Balaban J connectivity index is 1.99. The first-order valence-corrected chi connectivity index (χ1v) is 11.0. The van der Waals surface area contributed by atoms with Gasteiger partial charge in [-0.2, -0.15) is 0 Å². The third kappa shape index (κ3) is 4.75. The maximum absolute atomic E-state index is 12.2. The van der Waals surface area contributed by atoms with Gasteiger partial charge >= 0.3 is 0 Å². The largest absolute Gasteiger partial charge is 0.312 e. The molecule has 0 amide bonds. The molecule has 1 atom stereocenters. The van der Waals surface area contributed by atoms with Crippen LogP contribution in [-0.4, -0.2) is 40.9 Å². The molecule has 9 heteroatoms. The molecule has 1 aliphatic rings. The standard InChI is InChI=1S/C12H20N2O4S3/c1-2-4-13-7-11-6-12(8-19-11)21(17,18)14-10-3-5-20(15,16)9-10/h6,8,10,13-14H,2-5,7,9H2,1H3. The van der Waals surface area contributed by atoms with Gasteiger partial charge < -0.3 is 5.32 Å². The van der Waals surface area contributed by atoms with Crippen molar-refractivity contribution in [3.8, 4) is 0 Å². The molecule has 120 valence electrons. The van der Waals surface area contributed by atoms with Gasteiger partial charge in [-0.05, 0) is 25.5 Å². The van der Waals surface area contributed by atoms with Crippen LogP contribution in [0.15, 0.2) is 16.3 Å². The number of hydrogen-bond donors (Lipinski definition) is 2. The fourth-order valence-electron chi connectivity index (χ4n) is 2.16. The van der Waals surface area contributed by atoms with E-state index < -0.39 is 25.9 Å². The van der Waals surface area contributed by atoms with Crippen molar-refractivity contribution in [3.05, 3.63) is 16.3 Å². The summed E-state index contributed by atoms with van der Waals surface area (Å²) in [7, 11) is -6.73. The summed E-state index contributed by atoms with van der Waals surface area (Å²) in [4.78, 5) is 1.16. The van der Waals surface area contributed by atoms with E-state index in [0.717, 1.165) is 17.8 Å². The molecular weight excluding hydrogens is 332 g/mol. The molecule has 0 bridgehead atoms. The molecule has 0 spiro atoms. The molecule has 0 aromatic carbocycles. The highest BCUT2D eigenvalue weighted by Gasteiger charge is 2.31. The van der Waals surface area contributed by atoms with Gasteiger partial charge in [0.1, 0.15) is 0 Å². The van der Waals surface area contributed by atoms with Crippen LogP contribution in [-0.2, 0) is 26.4 Å².